The Hall–Kier alpha value is -1.05. The van der Waals surface area contributed by atoms with Crippen molar-refractivity contribution in [3.8, 4) is 0 Å². The Morgan fingerprint density at radius 2 is 2.17 bits per heavy atom. The molecule has 0 fully saturated rings. The number of ether oxygens (including phenoxy) is 1. The summed E-state index contributed by atoms with van der Waals surface area (Å²) in [5.41, 5.74) is 1.64. The second kappa shape index (κ2) is 4.91. The van der Waals surface area contributed by atoms with Gasteiger partial charge in [0.05, 0.1) is 0 Å². The van der Waals surface area contributed by atoms with Gasteiger partial charge in [0.15, 0.2) is 0 Å². The second-order valence-electron chi connectivity index (χ2n) is 6.56. The van der Waals surface area contributed by atoms with Crippen molar-refractivity contribution < 1.29 is 9.53 Å². The molecule has 0 aromatic rings. The van der Waals surface area contributed by atoms with Gasteiger partial charge in [-0.15, -0.1) is 0 Å². The van der Waals surface area contributed by atoms with Crippen LogP contribution in [-0.4, -0.2) is 12.6 Å². The first kappa shape index (κ1) is 13.4. The summed E-state index contributed by atoms with van der Waals surface area (Å²) in [6.45, 7) is 7.28. The summed E-state index contributed by atoms with van der Waals surface area (Å²) in [5, 5.41) is 0. The van der Waals surface area contributed by atoms with Crippen molar-refractivity contribution in [1.29, 1.82) is 0 Å². The van der Waals surface area contributed by atoms with E-state index in [-0.39, 0.29) is 16.9 Å². The summed E-state index contributed by atoms with van der Waals surface area (Å²) in [4.78, 5) is 10.7. The average molecular weight is 248 g/mol. The number of carbonyl (C=O) groups excluding carboxylic acids is 1. The van der Waals surface area contributed by atoms with Crippen LogP contribution in [0.1, 0.15) is 52.9 Å². The lowest BCUT2D eigenvalue weighted by Gasteiger charge is -2.41. The van der Waals surface area contributed by atoms with E-state index in [0.717, 1.165) is 19.3 Å². The monoisotopic (exact) mass is 248 g/mol. The molecule has 0 bridgehead atoms. The maximum Gasteiger partial charge on any atom is 0.293 e. The first-order chi connectivity index (χ1) is 8.48. The highest BCUT2D eigenvalue weighted by Gasteiger charge is 2.37. The van der Waals surface area contributed by atoms with Gasteiger partial charge in [-0.2, -0.15) is 0 Å². The molecule has 100 valence electrons. The van der Waals surface area contributed by atoms with Crippen LogP contribution < -0.4 is 0 Å². The molecule has 2 atom stereocenters. The first-order valence-corrected chi connectivity index (χ1v) is 6.94. The van der Waals surface area contributed by atoms with E-state index in [2.05, 4.69) is 39.0 Å². The highest BCUT2D eigenvalue weighted by molar-refractivity contribution is 5.38. The van der Waals surface area contributed by atoms with Crippen molar-refractivity contribution in [3.05, 3.63) is 23.8 Å². The Balaban J connectivity index is 2.32. The molecule has 0 aromatic carbocycles. The maximum absolute atomic E-state index is 10.7. The van der Waals surface area contributed by atoms with Gasteiger partial charge in [-0.25, -0.2) is 0 Å². The minimum Gasteiger partial charge on any atom is -0.464 e. The summed E-state index contributed by atoms with van der Waals surface area (Å²) in [7, 11) is 0. The van der Waals surface area contributed by atoms with Gasteiger partial charge >= 0.3 is 0 Å². The molecule has 1 unspecified atom stereocenters. The van der Waals surface area contributed by atoms with E-state index in [1.165, 1.54) is 18.4 Å². The number of fused-ring (bicyclic) bond motifs is 1. The van der Waals surface area contributed by atoms with Crippen LogP contribution >= 0.6 is 0 Å². The minimum atomic E-state index is -0.0105. The SMILES string of the molecule is CC1(C)C/C=C/[C@@]2(C)CCCC=C2CC1OC=O. The molecule has 0 aromatic heterocycles. The normalized spacial score (nSPS) is 36.6. The highest BCUT2D eigenvalue weighted by Crippen LogP contribution is 2.45. The predicted octanol–water partition coefficient (Wildman–Crippen LogP) is 4.02. The van der Waals surface area contributed by atoms with Crippen molar-refractivity contribution in [2.45, 2.75) is 59.0 Å². The molecule has 2 aliphatic rings. The Kier molecular flexibility index (Phi) is 3.65. The van der Waals surface area contributed by atoms with Gasteiger partial charge in [0, 0.05) is 17.3 Å². The van der Waals surface area contributed by atoms with Crippen molar-refractivity contribution in [2.24, 2.45) is 10.8 Å². The molecule has 18 heavy (non-hydrogen) atoms. The minimum absolute atomic E-state index is 0.0105. The van der Waals surface area contributed by atoms with E-state index < -0.39 is 0 Å². The molecule has 0 N–H and O–H groups in total. The third-order valence-corrected chi connectivity index (χ3v) is 4.65. The lowest BCUT2D eigenvalue weighted by atomic mass is 9.67. The van der Waals surface area contributed by atoms with Crippen LogP contribution in [0.2, 0.25) is 0 Å². The Bertz CT molecular complexity index is 379. The molecular formula is C16H24O2. The van der Waals surface area contributed by atoms with E-state index in [0.29, 0.717) is 6.47 Å². The molecule has 2 rings (SSSR count). The fourth-order valence-electron chi connectivity index (χ4n) is 3.18. The van der Waals surface area contributed by atoms with Gasteiger partial charge in [0.25, 0.3) is 6.47 Å². The molecule has 0 amide bonds. The van der Waals surface area contributed by atoms with Crippen LogP contribution in [0.3, 0.4) is 0 Å². The lowest BCUT2D eigenvalue weighted by Crippen LogP contribution is -2.36. The number of allylic oxidation sites excluding steroid dienone is 3. The summed E-state index contributed by atoms with van der Waals surface area (Å²) in [6, 6.07) is 0. The third-order valence-electron chi connectivity index (χ3n) is 4.65. The van der Waals surface area contributed by atoms with Crippen LogP contribution in [0.5, 0.6) is 0 Å². The fraction of sp³-hybridized carbons (Fsp3) is 0.688. The van der Waals surface area contributed by atoms with Crippen LogP contribution in [-0.2, 0) is 9.53 Å². The molecule has 0 saturated carbocycles. The van der Waals surface area contributed by atoms with E-state index in [1.54, 1.807) is 0 Å². The van der Waals surface area contributed by atoms with E-state index in [1.807, 2.05) is 0 Å². The predicted molar refractivity (Wildman–Crippen MR) is 73.1 cm³/mol. The number of hydrogen-bond acceptors (Lipinski definition) is 2. The van der Waals surface area contributed by atoms with Crippen molar-refractivity contribution in [3.63, 3.8) is 0 Å². The molecule has 2 nitrogen and oxygen atoms in total. The number of rotatable bonds is 2. The Morgan fingerprint density at radius 1 is 1.39 bits per heavy atom. The maximum atomic E-state index is 10.7. The largest absolute Gasteiger partial charge is 0.464 e. The second-order valence-corrected chi connectivity index (χ2v) is 6.56. The zero-order valence-corrected chi connectivity index (χ0v) is 11.7. The summed E-state index contributed by atoms with van der Waals surface area (Å²) >= 11 is 0. The molecule has 0 aliphatic heterocycles. The molecule has 0 heterocycles. The van der Waals surface area contributed by atoms with E-state index in [4.69, 9.17) is 4.74 Å². The lowest BCUT2D eigenvalue weighted by molar-refractivity contribution is -0.139. The van der Waals surface area contributed by atoms with Gasteiger partial charge in [-0.05, 0) is 25.7 Å². The van der Waals surface area contributed by atoms with E-state index in [9.17, 15) is 4.79 Å². The number of hydrogen-bond donors (Lipinski definition) is 0. The summed E-state index contributed by atoms with van der Waals surface area (Å²) < 4.78 is 5.37. The Labute approximate surface area is 110 Å². The van der Waals surface area contributed by atoms with Gasteiger partial charge in [-0.3, -0.25) is 4.79 Å². The molecule has 2 heteroatoms. The van der Waals surface area contributed by atoms with E-state index >= 15 is 0 Å². The molecule has 0 spiro atoms. The topological polar surface area (TPSA) is 26.3 Å². The number of carbonyl (C=O) groups is 1. The summed E-state index contributed by atoms with van der Waals surface area (Å²) in [5.74, 6) is 0. The standard InChI is InChI=1S/C16H24O2/c1-15(2)8-6-10-16(3)9-5-4-7-13(16)11-14(15)18-12-17/h6-7,10,12,14H,4-5,8-9,11H2,1-3H3/b10-6+/t14?,16-/m1/s1. The first-order valence-electron chi connectivity index (χ1n) is 6.94. The molecule has 0 radical (unpaired) electrons. The average Bonchev–Trinajstić information content (AvgIpc) is 2.29. The molecule has 2 aliphatic carbocycles. The smallest absolute Gasteiger partial charge is 0.293 e. The van der Waals surface area contributed by atoms with Gasteiger partial charge in [-0.1, -0.05) is 44.6 Å². The van der Waals surface area contributed by atoms with Crippen LogP contribution in [0.4, 0.5) is 0 Å². The van der Waals surface area contributed by atoms with Crippen molar-refractivity contribution in [2.75, 3.05) is 0 Å². The van der Waals surface area contributed by atoms with Crippen LogP contribution in [0.25, 0.3) is 0 Å². The van der Waals surface area contributed by atoms with Gasteiger partial charge < -0.3 is 4.74 Å². The summed E-state index contributed by atoms with van der Waals surface area (Å²) in [6.07, 6.45) is 12.5. The van der Waals surface area contributed by atoms with Crippen LogP contribution in [0.15, 0.2) is 23.8 Å². The zero-order chi connectivity index (χ0) is 13.2. The quantitative estimate of drug-likeness (QED) is 0.545. The molecule has 0 saturated heterocycles. The van der Waals surface area contributed by atoms with Crippen molar-refractivity contribution in [1.82, 2.24) is 0 Å². The van der Waals surface area contributed by atoms with Gasteiger partial charge in [0.2, 0.25) is 0 Å². The van der Waals surface area contributed by atoms with Crippen molar-refractivity contribution >= 4 is 6.47 Å². The van der Waals surface area contributed by atoms with Crippen LogP contribution in [0, 0.1) is 10.8 Å². The Morgan fingerprint density at radius 3 is 2.89 bits per heavy atom. The third kappa shape index (κ3) is 2.52. The highest BCUT2D eigenvalue weighted by atomic mass is 16.5. The fourth-order valence-corrected chi connectivity index (χ4v) is 3.18. The van der Waals surface area contributed by atoms with Gasteiger partial charge in [0.1, 0.15) is 6.10 Å². The zero-order valence-electron chi connectivity index (χ0n) is 11.7. The molecular weight excluding hydrogens is 224 g/mol.